The van der Waals surface area contributed by atoms with Crippen molar-refractivity contribution in [1.82, 2.24) is 4.90 Å². The van der Waals surface area contributed by atoms with E-state index in [9.17, 15) is 5.11 Å². The highest BCUT2D eigenvalue weighted by Gasteiger charge is 2.31. The summed E-state index contributed by atoms with van der Waals surface area (Å²) in [5.74, 6) is 0.848. The molecule has 0 aliphatic heterocycles. The largest absolute Gasteiger partial charge is 0.387 e. The molecule has 0 spiro atoms. The van der Waals surface area contributed by atoms with E-state index in [1.807, 2.05) is 0 Å². The van der Waals surface area contributed by atoms with Crippen LogP contribution in [0.25, 0.3) is 0 Å². The second-order valence-electron chi connectivity index (χ2n) is 5.89. The van der Waals surface area contributed by atoms with Gasteiger partial charge in [0.25, 0.3) is 0 Å². The summed E-state index contributed by atoms with van der Waals surface area (Å²) >= 11 is 0. The molecule has 0 heterocycles. The number of aliphatic hydroxyl groups is 1. The molecule has 1 fully saturated rings. The van der Waals surface area contributed by atoms with Crippen LogP contribution in [0.2, 0.25) is 0 Å². The molecule has 1 aromatic rings. The molecule has 0 amide bonds. The van der Waals surface area contributed by atoms with Gasteiger partial charge in [-0.15, -0.1) is 0 Å². The van der Waals surface area contributed by atoms with Crippen LogP contribution in [0.5, 0.6) is 0 Å². The van der Waals surface area contributed by atoms with Crippen LogP contribution < -0.4 is 0 Å². The normalized spacial score (nSPS) is 19.0. The molecule has 2 rings (SSSR count). The van der Waals surface area contributed by atoms with E-state index >= 15 is 0 Å². The molecular formula is C16H25NO. The third kappa shape index (κ3) is 3.12. The molecule has 0 bridgehead atoms. The number of hydrogen-bond acceptors (Lipinski definition) is 2. The summed E-state index contributed by atoms with van der Waals surface area (Å²) in [6.07, 6.45) is 2.33. The lowest BCUT2D eigenvalue weighted by Gasteiger charge is -2.27. The van der Waals surface area contributed by atoms with Crippen LogP contribution in [0, 0.1) is 19.8 Å². The van der Waals surface area contributed by atoms with Gasteiger partial charge in [0.15, 0.2) is 0 Å². The van der Waals surface area contributed by atoms with E-state index in [4.69, 9.17) is 0 Å². The average molecular weight is 247 g/mol. The lowest BCUT2D eigenvalue weighted by Crippen LogP contribution is -2.34. The summed E-state index contributed by atoms with van der Waals surface area (Å²) < 4.78 is 0. The molecule has 1 aliphatic carbocycles. The first-order valence-electron chi connectivity index (χ1n) is 6.94. The van der Waals surface area contributed by atoms with E-state index in [1.165, 1.54) is 24.0 Å². The van der Waals surface area contributed by atoms with Gasteiger partial charge in [0.05, 0.1) is 6.10 Å². The summed E-state index contributed by atoms with van der Waals surface area (Å²) in [4.78, 5) is 2.29. The maximum Gasteiger partial charge on any atom is 0.0919 e. The van der Waals surface area contributed by atoms with E-state index in [2.05, 4.69) is 50.9 Å². The van der Waals surface area contributed by atoms with Crippen molar-refractivity contribution in [2.24, 2.45) is 5.92 Å². The second-order valence-corrected chi connectivity index (χ2v) is 5.89. The molecule has 1 saturated carbocycles. The van der Waals surface area contributed by atoms with Crippen LogP contribution in [-0.2, 0) is 0 Å². The summed E-state index contributed by atoms with van der Waals surface area (Å²) in [6.45, 7) is 7.16. The number of likely N-dealkylation sites (N-methyl/N-ethyl adjacent to an activating group) is 1. The van der Waals surface area contributed by atoms with Crippen molar-refractivity contribution in [2.45, 2.75) is 45.8 Å². The molecular weight excluding hydrogens is 222 g/mol. The molecule has 100 valence electrons. The van der Waals surface area contributed by atoms with Crippen molar-refractivity contribution in [2.75, 3.05) is 13.6 Å². The molecule has 18 heavy (non-hydrogen) atoms. The van der Waals surface area contributed by atoms with Crippen molar-refractivity contribution < 1.29 is 5.11 Å². The van der Waals surface area contributed by atoms with Crippen LogP contribution in [0.1, 0.15) is 42.6 Å². The Hall–Kier alpha value is -0.860. The Morgan fingerprint density at radius 2 is 2.00 bits per heavy atom. The Kier molecular flexibility index (Phi) is 4.08. The Morgan fingerprint density at radius 1 is 1.33 bits per heavy atom. The lowest BCUT2D eigenvalue weighted by atomic mass is 10.0. The van der Waals surface area contributed by atoms with E-state index in [0.29, 0.717) is 6.04 Å². The first-order valence-corrected chi connectivity index (χ1v) is 6.94. The molecule has 0 radical (unpaired) electrons. The molecule has 2 heteroatoms. The van der Waals surface area contributed by atoms with Gasteiger partial charge in [-0.1, -0.05) is 23.8 Å². The highest BCUT2D eigenvalue weighted by Crippen LogP contribution is 2.35. The van der Waals surface area contributed by atoms with Gasteiger partial charge in [-0.2, -0.15) is 0 Å². The van der Waals surface area contributed by atoms with Crippen molar-refractivity contribution in [3.05, 3.63) is 34.9 Å². The first kappa shape index (κ1) is 13.6. The average Bonchev–Trinajstić information content (AvgIpc) is 3.11. The van der Waals surface area contributed by atoms with Crippen molar-refractivity contribution in [3.8, 4) is 0 Å². The Bertz CT molecular complexity index is 412. The minimum atomic E-state index is -0.378. The van der Waals surface area contributed by atoms with Gasteiger partial charge < -0.3 is 10.0 Å². The summed E-state index contributed by atoms with van der Waals surface area (Å²) in [5.41, 5.74) is 3.51. The highest BCUT2D eigenvalue weighted by molar-refractivity contribution is 5.32. The van der Waals surface area contributed by atoms with Gasteiger partial charge >= 0.3 is 0 Å². The van der Waals surface area contributed by atoms with Crippen molar-refractivity contribution in [3.63, 3.8) is 0 Å². The predicted octanol–water partition coefficient (Wildman–Crippen LogP) is 3.07. The molecule has 1 aliphatic rings. The SMILES string of the molecule is Cc1ccc(C(O)CN(C)C(C)C2CC2)c(C)c1. The van der Waals surface area contributed by atoms with Crippen molar-refractivity contribution in [1.29, 1.82) is 0 Å². The minimum Gasteiger partial charge on any atom is -0.387 e. The minimum absolute atomic E-state index is 0.378. The number of aliphatic hydroxyl groups excluding tert-OH is 1. The van der Waals surface area contributed by atoms with E-state index in [1.54, 1.807) is 0 Å². The first-order chi connectivity index (χ1) is 8.49. The van der Waals surface area contributed by atoms with Crippen LogP contribution >= 0.6 is 0 Å². The zero-order valence-corrected chi connectivity index (χ0v) is 12.0. The number of benzene rings is 1. The van der Waals surface area contributed by atoms with Crippen LogP contribution in [0.4, 0.5) is 0 Å². The quantitative estimate of drug-likeness (QED) is 0.864. The van der Waals surface area contributed by atoms with Gasteiger partial charge in [0, 0.05) is 12.6 Å². The number of hydrogen-bond donors (Lipinski definition) is 1. The molecule has 2 atom stereocenters. The smallest absolute Gasteiger partial charge is 0.0919 e. The third-order valence-electron chi connectivity index (χ3n) is 4.24. The highest BCUT2D eigenvalue weighted by atomic mass is 16.3. The number of rotatable bonds is 5. The summed E-state index contributed by atoms with van der Waals surface area (Å²) in [7, 11) is 2.12. The Labute approximate surface area is 111 Å². The summed E-state index contributed by atoms with van der Waals surface area (Å²) in [6, 6.07) is 6.87. The van der Waals surface area contributed by atoms with Crippen LogP contribution in [0.15, 0.2) is 18.2 Å². The molecule has 0 saturated heterocycles. The topological polar surface area (TPSA) is 23.5 Å². The fraction of sp³-hybridized carbons (Fsp3) is 0.625. The van der Waals surface area contributed by atoms with Gasteiger partial charge in [0.1, 0.15) is 0 Å². The molecule has 1 N–H and O–H groups in total. The predicted molar refractivity (Wildman–Crippen MR) is 75.7 cm³/mol. The second kappa shape index (κ2) is 5.41. The fourth-order valence-electron chi connectivity index (χ4n) is 2.68. The molecule has 0 aromatic heterocycles. The van der Waals surface area contributed by atoms with Crippen molar-refractivity contribution >= 4 is 0 Å². The summed E-state index contributed by atoms with van der Waals surface area (Å²) in [5, 5.41) is 10.4. The zero-order valence-electron chi connectivity index (χ0n) is 12.0. The fourth-order valence-corrected chi connectivity index (χ4v) is 2.68. The van der Waals surface area contributed by atoms with E-state index < -0.39 is 0 Å². The lowest BCUT2D eigenvalue weighted by molar-refractivity contribution is 0.102. The van der Waals surface area contributed by atoms with E-state index in [-0.39, 0.29) is 6.10 Å². The van der Waals surface area contributed by atoms with Crippen LogP contribution in [-0.4, -0.2) is 29.6 Å². The van der Waals surface area contributed by atoms with E-state index in [0.717, 1.165) is 18.0 Å². The third-order valence-corrected chi connectivity index (χ3v) is 4.24. The van der Waals surface area contributed by atoms with Crippen LogP contribution in [0.3, 0.4) is 0 Å². The number of aryl methyl sites for hydroxylation is 2. The van der Waals surface area contributed by atoms with Gasteiger partial charge in [0.2, 0.25) is 0 Å². The zero-order chi connectivity index (χ0) is 13.3. The molecule has 1 aromatic carbocycles. The van der Waals surface area contributed by atoms with Gasteiger partial charge in [-0.05, 0) is 57.7 Å². The molecule has 2 unspecified atom stereocenters. The molecule has 2 nitrogen and oxygen atoms in total. The van der Waals surface area contributed by atoms with Gasteiger partial charge in [-0.25, -0.2) is 0 Å². The monoisotopic (exact) mass is 247 g/mol. The van der Waals surface area contributed by atoms with Gasteiger partial charge in [-0.3, -0.25) is 0 Å². The maximum atomic E-state index is 10.4. The Morgan fingerprint density at radius 3 is 2.56 bits per heavy atom. The standard InChI is InChI=1S/C16H25NO/c1-11-5-8-15(12(2)9-11)16(18)10-17(4)13(3)14-6-7-14/h5,8-9,13-14,16,18H,6-7,10H2,1-4H3. The maximum absolute atomic E-state index is 10.4. The Balaban J connectivity index is 1.99. The number of nitrogens with zero attached hydrogens (tertiary/aromatic N) is 1.